The van der Waals surface area contributed by atoms with E-state index < -0.39 is 0 Å². The third-order valence-corrected chi connectivity index (χ3v) is 3.83. The predicted octanol–water partition coefficient (Wildman–Crippen LogP) is 0.675. The van der Waals surface area contributed by atoms with Crippen LogP contribution in [0.15, 0.2) is 11.1 Å². The molecule has 1 heterocycles. The van der Waals surface area contributed by atoms with Crippen LogP contribution in [-0.2, 0) is 0 Å². The smallest absolute Gasteiger partial charge is 0.295 e. The van der Waals surface area contributed by atoms with Crippen molar-refractivity contribution in [1.29, 1.82) is 0 Å². The van der Waals surface area contributed by atoms with E-state index in [-0.39, 0.29) is 16.8 Å². The first-order valence-corrected chi connectivity index (χ1v) is 6.12. The number of hydrogen-bond acceptors (Lipinski definition) is 5. The Hall–Kier alpha value is -1.56. The standard InChI is InChI=1S/C12H20N4O2/c1-16(2)12(5-4-6-12)7-13-10-9(18-3)11(17)15-8-14-10/h8H,4-7H2,1-3H3,(H2,13,14,15,17). The fourth-order valence-corrected chi connectivity index (χ4v) is 2.32. The summed E-state index contributed by atoms with van der Waals surface area (Å²) in [6, 6.07) is 0. The lowest BCUT2D eigenvalue weighted by Crippen LogP contribution is -2.54. The minimum absolute atomic E-state index is 0.176. The van der Waals surface area contributed by atoms with Crippen LogP contribution in [-0.4, -0.2) is 48.2 Å². The summed E-state index contributed by atoms with van der Waals surface area (Å²) in [5.41, 5.74) is -0.0857. The molecule has 2 rings (SSSR count). The number of H-pyrrole nitrogens is 1. The van der Waals surface area contributed by atoms with Gasteiger partial charge in [0.2, 0.25) is 5.75 Å². The Balaban J connectivity index is 2.11. The van der Waals surface area contributed by atoms with Gasteiger partial charge in [0.15, 0.2) is 5.82 Å². The molecule has 1 aromatic rings. The molecule has 1 aliphatic carbocycles. The summed E-state index contributed by atoms with van der Waals surface area (Å²) in [7, 11) is 5.65. The average molecular weight is 252 g/mol. The summed E-state index contributed by atoms with van der Waals surface area (Å²) >= 11 is 0. The second kappa shape index (κ2) is 4.97. The zero-order valence-electron chi connectivity index (χ0n) is 11.1. The molecule has 0 saturated heterocycles. The number of aromatic amines is 1. The highest BCUT2D eigenvalue weighted by atomic mass is 16.5. The van der Waals surface area contributed by atoms with Crippen LogP contribution in [0.1, 0.15) is 19.3 Å². The predicted molar refractivity (Wildman–Crippen MR) is 70.2 cm³/mol. The van der Waals surface area contributed by atoms with Gasteiger partial charge in [-0.05, 0) is 33.4 Å². The van der Waals surface area contributed by atoms with Gasteiger partial charge in [0.1, 0.15) is 0 Å². The Morgan fingerprint density at radius 3 is 2.78 bits per heavy atom. The van der Waals surface area contributed by atoms with Crippen molar-refractivity contribution < 1.29 is 4.74 Å². The fraction of sp³-hybridized carbons (Fsp3) is 0.667. The molecule has 18 heavy (non-hydrogen) atoms. The van der Waals surface area contributed by atoms with Crippen molar-refractivity contribution in [3.63, 3.8) is 0 Å². The van der Waals surface area contributed by atoms with E-state index in [2.05, 4.69) is 34.3 Å². The van der Waals surface area contributed by atoms with Crippen LogP contribution >= 0.6 is 0 Å². The van der Waals surface area contributed by atoms with Crippen molar-refractivity contribution >= 4 is 5.82 Å². The summed E-state index contributed by atoms with van der Waals surface area (Å²) in [6.45, 7) is 0.771. The number of hydrogen-bond donors (Lipinski definition) is 2. The first kappa shape index (κ1) is 12.9. The Bertz CT molecular complexity index is 465. The monoisotopic (exact) mass is 252 g/mol. The maximum atomic E-state index is 11.5. The maximum absolute atomic E-state index is 11.5. The van der Waals surface area contributed by atoms with E-state index in [0.29, 0.717) is 5.82 Å². The molecule has 6 nitrogen and oxygen atoms in total. The van der Waals surface area contributed by atoms with Gasteiger partial charge in [-0.3, -0.25) is 4.79 Å². The molecular weight excluding hydrogens is 232 g/mol. The van der Waals surface area contributed by atoms with Crippen molar-refractivity contribution in [2.45, 2.75) is 24.8 Å². The summed E-state index contributed by atoms with van der Waals surface area (Å²) in [5.74, 6) is 0.750. The van der Waals surface area contributed by atoms with E-state index in [1.54, 1.807) is 0 Å². The van der Waals surface area contributed by atoms with Crippen molar-refractivity contribution in [2.24, 2.45) is 0 Å². The third kappa shape index (κ3) is 2.20. The van der Waals surface area contributed by atoms with Crippen LogP contribution in [0.3, 0.4) is 0 Å². The first-order chi connectivity index (χ1) is 8.59. The number of aromatic nitrogens is 2. The molecule has 0 atom stereocenters. The van der Waals surface area contributed by atoms with E-state index >= 15 is 0 Å². The Morgan fingerprint density at radius 2 is 2.28 bits per heavy atom. The quantitative estimate of drug-likeness (QED) is 0.806. The zero-order chi connectivity index (χ0) is 13.2. The van der Waals surface area contributed by atoms with E-state index in [1.807, 2.05) is 0 Å². The van der Waals surface area contributed by atoms with Gasteiger partial charge in [0, 0.05) is 12.1 Å². The van der Waals surface area contributed by atoms with Crippen LogP contribution in [0.2, 0.25) is 0 Å². The molecule has 1 fully saturated rings. The third-order valence-electron chi connectivity index (χ3n) is 3.83. The van der Waals surface area contributed by atoms with Gasteiger partial charge in [-0.1, -0.05) is 0 Å². The molecule has 0 spiro atoms. The van der Waals surface area contributed by atoms with Crippen LogP contribution in [0, 0.1) is 0 Å². The van der Waals surface area contributed by atoms with Gasteiger partial charge in [0.25, 0.3) is 5.56 Å². The summed E-state index contributed by atoms with van der Waals surface area (Å²) < 4.78 is 5.07. The van der Waals surface area contributed by atoms with Crippen molar-refractivity contribution in [3.05, 3.63) is 16.7 Å². The molecule has 0 bridgehead atoms. The summed E-state index contributed by atoms with van der Waals surface area (Å²) in [6.07, 6.45) is 4.97. The topological polar surface area (TPSA) is 70.2 Å². The molecule has 0 amide bonds. The highest BCUT2D eigenvalue weighted by Gasteiger charge is 2.39. The number of ether oxygens (including phenoxy) is 1. The van der Waals surface area contributed by atoms with Crippen molar-refractivity contribution in [1.82, 2.24) is 14.9 Å². The zero-order valence-corrected chi connectivity index (χ0v) is 11.1. The molecular formula is C12H20N4O2. The molecule has 0 radical (unpaired) electrons. The first-order valence-electron chi connectivity index (χ1n) is 6.12. The number of rotatable bonds is 5. The molecule has 0 aromatic carbocycles. The van der Waals surface area contributed by atoms with E-state index in [4.69, 9.17) is 4.74 Å². The van der Waals surface area contributed by atoms with Crippen LogP contribution < -0.4 is 15.6 Å². The molecule has 0 unspecified atom stereocenters. The van der Waals surface area contributed by atoms with E-state index in [0.717, 1.165) is 6.54 Å². The van der Waals surface area contributed by atoms with Crippen molar-refractivity contribution in [3.8, 4) is 5.75 Å². The van der Waals surface area contributed by atoms with Gasteiger partial charge in [-0.25, -0.2) is 4.98 Å². The van der Waals surface area contributed by atoms with Crippen LogP contribution in [0.4, 0.5) is 5.82 Å². The second-order valence-electron chi connectivity index (χ2n) is 4.94. The lowest BCUT2D eigenvalue weighted by Gasteiger charge is -2.47. The SMILES string of the molecule is COc1c(NCC2(N(C)C)CCC2)nc[nH]c1=O. The number of nitrogens with zero attached hydrogens (tertiary/aromatic N) is 2. The van der Waals surface area contributed by atoms with Gasteiger partial charge in [-0.15, -0.1) is 0 Å². The second-order valence-corrected chi connectivity index (χ2v) is 4.94. The van der Waals surface area contributed by atoms with Gasteiger partial charge in [0.05, 0.1) is 13.4 Å². The Morgan fingerprint density at radius 1 is 1.56 bits per heavy atom. The number of likely N-dealkylation sites (N-methyl/N-ethyl adjacent to an activating group) is 1. The molecule has 6 heteroatoms. The lowest BCUT2D eigenvalue weighted by atomic mass is 9.75. The molecule has 1 aromatic heterocycles. The molecule has 100 valence electrons. The molecule has 1 saturated carbocycles. The van der Waals surface area contributed by atoms with Crippen molar-refractivity contribution in [2.75, 3.05) is 33.1 Å². The van der Waals surface area contributed by atoms with Gasteiger partial charge < -0.3 is 19.9 Å². The highest BCUT2D eigenvalue weighted by molar-refractivity contribution is 5.48. The summed E-state index contributed by atoms with van der Waals surface area (Å²) in [5, 5.41) is 3.23. The van der Waals surface area contributed by atoms with E-state index in [9.17, 15) is 4.79 Å². The maximum Gasteiger partial charge on any atom is 0.295 e. The number of anilines is 1. The fourth-order valence-electron chi connectivity index (χ4n) is 2.32. The van der Waals surface area contributed by atoms with Crippen LogP contribution in [0.5, 0.6) is 5.75 Å². The van der Waals surface area contributed by atoms with Gasteiger partial charge in [-0.2, -0.15) is 0 Å². The largest absolute Gasteiger partial charge is 0.489 e. The van der Waals surface area contributed by atoms with E-state index in [1.165, 1.54) is 32.7 Å². The normalized spacial score (nSPS) is 17.3. The number of methoxy groups -OCH3 is 1. The van der Waals surface area contributed by atoms with Crippen LogP contribution in [0.25, 0.3) is 0 Å². The van der Waals surface area contributed by atoms with Gasteiger partial charge >= 0.3 is 0 Å². The minimum atomic E-state index is -0.262. The summed E-state index contributed by atoms with van der Waals surface area (Å²) in [4.78, 5) is 20.4. The molecule has 0 aliphatic heterocycles. The Kier molecular flexibility index (Phi) is 3.56. The number of nitrogens with one attached hydrogen (secondary N) is 2. The highest BCUT2D eigenvalue weighted by Crippen LogP contribution is 2.36. The molecule has 1 aliphatic rings. The Labute approximate surface area is 106 Å². The minimum Gasteiger partial charge on any atom is -0.489 e. The molecule has 2 N–H and O–H groups in total. The average Bonchev–Trinajstić information content (AvgIpc) is 2.27. The lowest BCUT2D eigenvalue weighted by molar-refractivity contribution is 0.0738.